The summed E-state index contributed by atoms with van der Waals surface area (Å²) in [6.45, 7) is 0. The number of thiophene rings is 1. The summed E-state index contributed by atoms with van der Waals surface area (Å²) in [5, 5.41) is 1.24. The van der Waals surface area contributed by atoms with Crippen LogP contribution in [0.15, 0.2) is 36.4 Å². The summed E-state index contributed by atoms with van der Waals surface area (Å²) in [4.78, 5) is 1.34. The molecule has 2 aromatic rings. The van der Waals surface area contributed by atoms with Gasteiger partial charge in [-0.25, -0.2) is 0 Å². The molecule has 1 aromatic heterocycles. The number of allylic oxidation sites excluding steroid dienone is 3. The van der Waals surface area contributed by atoms with Crippen LogP contribution in [0.4, 0.5) is 5.69 Å². The van der Waals surface area contributed by atoms with E-state index in [0.717, 1.165) is 12.1 Å². The zero-order valence-corrected chi connectivity index (χ0v) is 9.05. The van der Waals surface area contributed by atoms with Crippen LogP contribution in [0.25, 0.3) is 16.2 Å². The molecular formula is C13H11NS. The molecule has 0 fully saturated rings. The number of hydrogen-bond acceptors (Lipinski definition) is 2. The molecule has 0 saturated heterocycles. The van der Waals surface area contributed by atoms with E-state index >= 15 is 0 Å². The predicted octanol–water partition coefficient (Wildman–Crippen LogP) is 3.61. The highest BCUT2D eigenvalue weighted by Crippen LogP contribution is 2.36. The van der Waals surface area contributed by atoms with Crippen molar-refractivity contribution in [3.63, 3.8) is 0 Å². The second-order valence-electron chi connectivity index (χ2n) is 3.66. The molecule has 1 aliphatic rings. The lowest BCUT2D eigenvalue weighted by atomic mass is 10.1. The molecule has 0 saturated carbocycles. The van der Waals surface area contributed by atoms with Crippen molar-refractivity contribution in [2.24, 2.45) is 0 Å². The number of anilines is 1. The van der Waals surface area contributed by atoms with Crippen molar-refractivity contribution in [3.8, 4) is 0 Å². The topological polar surface area (TPSA) is 26.0 Å². The third-order valence-electron chi connectivity index (χ3n) is 2.69. The summed E-state index contributed by atoms with van der Waals surface area (Å²) in [6, 6.07) is 6.14. The number of nitrogen functional groups attached to an aromatic ring is 1. The Labute approximate surface area is 92.5 Å². The first-order valence-electron chi connectivity index (χ1n) is 4.99. The SMILES string of the molecule is Nc1cccc2sc3c(c12)CC=CC=C3. The Kier molecular flexibility index (Phi) is 1.89. The Morgan fingerprint density at radius 2 is 2.13 bits per heavy atom. The van der Waals surface area contributed by atoms with E-state index in [1.54, 1.807) is 0 Å². The summed E-state index contributed by atoms with van der Waals surface area (Å²) in [6.07, 6.45) is 9.52. The van der Waals surface area contributed by atoms with Gasteiger partial charge in [-0.3, -0.25) is 0 Å². The highest BCUT2D eigenvalue weighted by Gasteiger charge is 2.11. The van der Waals surface area contributed by atoms with Gasteiger partial charge in [0.1, 0.15) is 0 Å². The maximum atomic E-state index is 6.03. The van der Waals surface area contributed by atoms with E-state index in [9.17, 15) is 0 Å². The Morgan fingerprint density at radius 3 is 3.07 bits per heavy atom. The molecule has 1 nitrogen and oxygen atoms in total. The molecular weight excluding hydrogens is 202 g/mol. The molecule has 3 rings (SSSR count). The molecule has 2 N–H and O–H groups in total. The zero-order chi connectivity index (χ0) is 10.3. The summed E-state index contributed by atoms with van der Waals surface area (Å²) in [7, 11) is 0. The molecule has 0 atom stereocenters. The van der Waals surface area contributed by atoms with Crippen LogP contribution in [0.3, 0.4) is 0 Å². The Morgan fingerprint density at radius 1 is 1.20 bits per heavy atom. The second kappa shape index (κ2) is 3.24. The van der Waals surface area contributed by atoms with Crippen molar-refractivity contribution in [1.29, 1.82) is 0 Å². The summed E-state index contributed by atoms with van der Waals surface area (Å²) < 4.78 is 1.29. The molecule has 0 unspecified atom stereocenters. The molecule has 0 bridgehead atoms. The number of nitrogens with two attached hydrogens (primary N) is 1. The van der Waals surface area contributed by atoms with Gasteiger partial charge in [-0.05, 0) is 30.2 Å². The van der Waals surface area contributed by atoms with Crippen LogP contribution in [0.5, 0.6) is 0 Å². The minimum atomic E-state index is 0.897. The average Bonchev–Trinajstić information content (AvgIpc) is 2.43. The summed E-state index contributed by atoms with van der Waals surface area (Å²) in [5.41, 5.74) is 8.30. The molecule has 0 spiro atoms. The molecule has 0 amide bonds. The Hall–Kier alpha value is -1.54. The monoisotopic (exact) mass is 213 g/mol. The first-order valence-corrected chi connectivity index (χ1v) is 5.81. The number of benzene rings is 1. The van der Waals surface area contributed by atoms with Gasteiger partial charge in [0.15, 0.2) is 0 Å². The largest absolute Gasteiger partial charge is 0.398 e. The first kappa shape index (κ1) is 8.74. The van der Waals surface area contributed by atoms with Crippen LogP contribution < -0.4 is 5.73 Å². The molecule has 1 aliphatic carbocycles. The van der Waals surface area contributed by atoms with Crippen LogP contribution >= 0.6 is 11.3 Å². The quantitative estimate of drug-likeness (QED) is 0.665. The van der Waals surface area contributed by atoms with Gasteiger partial charge in [0.05, 0.1) is 0 Å². The minimum Gasteiger partial charge on any atom is -0.398 e. The summed E-state index contributed by atoms with van der Waals surface area (Å²) >= 11 is 1.82. The highest BCUT2D eigenvalue weighted by atomic mass is 32.1. The van der Waals surface area contributed by atoms with E-state index in [2.05, 4.69) is 30.4 Å². The molecule has 0 radical (unpaired) electrons. The number of rotatable bonds is 0. The van der Waals surface area contributed by atoms with Gasteiger partial charge in [-0.15, -0.1) is 11.3 Å². The van der Waals surface area contributed by atoms with Gasteiger partial charge in [0, 0.05) is 20.7 Å². The van der Waals surface area contributed by atoms with Crippen molar-refractivity contribution in [2.45, 2.75) is 6.42 Å². The molecule has 1 aromatic carbocycles. The van der Waals surface area contributed by atoms with E-state index in [-0.39, 0.29) is 0 Å². The highest BCUT2D eigenvalue weighted by molar-refractivity contribution is 7.20. The molecule has 74 valence electrons. The van der Waals surface area contributed by atoms with Crippen molar-refractivity contribution in [2.75, 3.05) is 5.73 Å². The zero-order valence-electron chi connectivity index (χ0n) is 8.23. The van der Waals surface area contributed by atoms with Crippen molar-refractivity contribution in [3.05, 3.63) is 46.9 Å². The summed E-state index contributed by atoms with van der Waals surface area (Å²) in [5.74, 6) is 0. The van der Waals surface area contributed by atoms with E-state index in [0.29, 0.717) is 0 Å². The van der Waals surface area contributed by atoms with Crippen LogP contribution in [-0.4, -0.2) is 0 Å². The molecule has 1 heterocycles. The Balaban J connectivity index is 2.41. The van der Waals surface area contributed by atoms with Crippen molar-refractivity contribution in [1.82, 2.24) is 0 Å². The van der Waals surface area contributed by atoms with Crippen molar-refractivity contribution < 1.29 is 0 Å². The van der Waals surface area contributed by atoms with E-state index in [4.69, 9.17) is 5.73 Å². The van der Waals surface area contributed by atoms with Gasteiger partial charge < -0.3 is 5.73 Å². The smallest absolute Gasteiger partial charge is 0.0405 e. The van der Waals surface area contributed by atoms with Crippen LogP contribution in [-0.2, 0) is 6.42 Å². The van der Waals surface area contributed by atoms with E-state index < -0.39 is 0 Å². The average molecular weight is 213 g/mol. The van der Waals surface area contributed by atoms with Gasteiger partial charge >= 0.3 is 0 Å². The van der Waals surface area contributed by atoms with Gasteiger partial charge in [-0.2, -0.15) is 0 Å². The third-order valence-corrected chi connectivity index (χ3v) is 3.86. The fourth-order valence-corrected chi connectivity index (χ4v) is 3.19. The first-order chi connectivity index (χ1) is 7.36. The molecule has 15 heavy (non-hydrogen) atoms. The second-order valence-corrected chi connectivity index (χ2v) is 4.74. The van der Waals surface area contributed by atoms with Crippen LogP contribution in [0.1, 0.15) is 10.4 Å². The maximum absolute atomic E-state index is 6.03. The number of hydrogen-bond donors (Lipinski definition) is 1. The third kappa shape index (κ3) is 1.29. The van der Waals surface area contributed by atoms with E-state index in [1.807, 2.05) is 23.5 Å². The molecule has 2 heteroatoms. The van der Waals surface area contributed by atoms with Gasteiger partial charge in [0.2, 0.25) is 0 Å². The fourth-order valence-electron chi connectivity index (χ4n) is 2.00. The standard InChI is InChI=1S/C13H11NS/c14-10-6-4-8-12-13(10)9-5-2-1-3-7-11(9)15-12/h1-4,6-8H,5,14H2. The van der Waals surface area contributed by atoms with Gasteiger partial charge in [-0.1, -0.05) is 24.3 Å². The predicted molar refractivity (Wildman–Crippen MR) is 68.1 cm³/mol. The van der Waals surface area contributed by atoms with Gasteiger partial charge in [0.25, 0.3) is 0 Å². The van der Waals surface area contributed by atoms with Crippen LogP contribution in [0.2, 0.25) is 0 Å². The van der Waals surface area contributed by atoms with Crippen molar-refractivity contribution >= 4 is 33.2 Å². The maximum Gasteiger partial charge on any atom is 0.0405 e. The number of fused-ring (bicyclic) bond motifs is 3. The normalized spacial score (nSPS) is 14.1. The lowest BCUT2D eigenvalue weighted by Crippen LogP contribution is -1.88. The van der Waals surface area contributed by atoms with E-state index in [1.165, 1.54) is 20.5 Å². The fraction of sp³-hybridized carbons (Fsp3) is 0.0769. The lowest BCUT2D eigenvalue weighted by molar-refractivity contribution is 1.32. The lowest BCUT2D eigenvalue weighted by Gasteiger charge is -1.99. The Bertz CT molecular complexity index is 575. The minimum absolute atomic E-state index is 0.897. The van der Waals surface area contributed by atoms with Crippen LogP contribution in [0, 0.1) is 0 Å². The molecule has 0 aliphatic heterocycles.